The topological polar surface area (TPSA) is 98.7 Å². The van der Waals surface area contributed by atoms with Crippen molar-refractivity contribution in [3.63, 3.8) is 0 Å². The fraction of sp³-hybridized carbons (Fsp3) is 0.182. The highest BCUT2D eigenvalue weighted by molar-refractivity contribution is 7.80. The van der Waals surface area contributed by atoms with Crippen LogP contribution in [0.25, 0.3) is 0 Å². The van der Waals surface area contributed by atoms with Gasteiger partial charge in [-0.25, -0.2) is 4.79 Å². The van der Waals surface area contributed by atoms with E-state index in [0.717, 1.165) is 4.90 Å². The average Bonchev–Trinajstić information content (AvgIpc) is 2.36. The van der Waals surface area contributed by atoms with Gasteiger partial charge in [0.15, 0.2) is 5.11 Å². The number of ether oxygens (including phenoxy) is 1. The number of carbonyl (C=O) groups is 2. The summed E-state index contributed by atoms with van der Waals surface area (Å²) >= 11 is 4.66. The van der Waals surface area contributed by atoms with Crippen molar-refractivity contribution in [3.8, 4) is 5.75 Å². The molecular formula is C11H13N3O3S. The molecule has 0 saturated carbocycles. The predicted molar refractivity (Wildman–Crippen MR) is 69.6 cm³/mol. The molecule has 0 aromatic heterocycles. The van der Waals surface area contributed by atoms with E-state index in [4.69, 9.17) is 16.2 Å². The average molecular weight is 267 g/mol. The summed E-state index contributed by atoms with van der Waals surface area (Å²) in [4.78, 5) is 23.8. The molecule has 1 rings (SSSR count). The maximum absolute atomic E-state index is 11.6. The van der Waals surface area contributed by atoms with E-state index in [1.165, 1.54) is 0 Å². The van der Waals surface area contributed by atoms with E-state index in [-0.39, 0.29) is 18.2 Å². The van der Waals surface area contributed by atoms with Crippen LogP contribution in [0, 0.1) is 0 Å². The lowest BCUT2D eigenvalue weighted by Gasteiger charge is -2.18. The van der Waals surface area contributed by atoms with Gasteiger partial charge >= 0.3 is 5.97 Å². The first-order valence-electron chi connectivity index (χ1n) is 5.10. The lowest BCUT2D eigenvalue weighted by molar-refractivity contribution is -0.139. The van der Waals surface area contributed by atoms with Gasteiger partial charge < -0.3 is 16.2 Å². The molecule has 6 nitrogen and oxygen atoms in total. The summed E-state index contributed by atoms with van der Waals surface area (Å²) in [6.07, 6.45) is 0. The van der Waals surface area contributed by atoms with E-state index in [1.54, 1.807) is 30.3 Å². The Balaban J connectivity index is 2.62. The van der Waals surface area contributed by atoms with Crippen LogP contribution >= 0.6 is 12.2 Å². The van der Waals surface area contributed by atoms with Gasteiger partial charge in [-0.1, -0.05) is 18.2 Å². The fourth-order valence-electron chi connectivity index (χ4n) is 1.18. The van der Waals surface area contributed by atoms with Gasteiger partial charge in [0.1, 0.15) is 12.3 Å². The van der Waals surface area contributed by atoms with Crippen LogP contribution in [0.2, 0.25) is 0 Å². The Morgan fingerprint density at radius 2 is 1.89 bits per heavy atom. The van der Waals surface area contributed by atoms with Crippen molar-refractivity contribution in [2.75, 3.05) is 13.1 Å². The summed E-state index contributed by atoms with van der Waals surface area (Å²) < 4.78 is 5.00. The van der Waals surface area contributed by atoms with Crippen LogP contribution in [-0.2, 0) is 9.59 Å². The highest BCUT2D eigenvalue weighted by Crippen LogP contribution is 2.08. The van der Waals surface area contributed by atoms with Gasteiger partial charge in [-0.2, -0.15) is 0 Å². The molecule has 0 spiro atoms. The minimum atomic E-state index is -0.643. The molecule has 1 aromatic rings. The Labute approximate surface area is 109 Å². The molecule has 0 unspecified atom stereocenters. The predicted octanol–water partition coefficient (Wildman–Crippen LogP) is -0.377. The van der Waals surface area contributed by atoms with E-state index in [2.05, 4.69) is 12.2 Å². The molecule has 0 saturated heterocycles. The summed E-state index contributed by atoms with van der Waals surface area (Å²) in [5.74, 6) is -0.797. The highest BCUT2D eigenvalue weighted by atomic mass is 32.1. The van der Waals surface area contributed by atoms with Gasteiger partial charge in [0.2, 0.25) is 5.91 Å². The minimum absolute atomic E-state index is 0.213. The quantitative estimate of drug-likeness (QED) is 0.438. The fourth-order valence-corrected chi connectivity index (χ4v) is 1.35. The van der Waals surface area contributed by atoms with Gasteiger partial charge in [0.25, 0.3) is 0 Å². The van der Waals surface area contributed by atoms with Crippen molar-refractivity contribution < 1.29 is 14.3 Å². The molecule has 96 valence electrons. The van der Waals surface area contributed by atoms with Gasteiger partial charge in [-0.3, -0.25) is 9.69 Å². The standard InChI is InChI=1S/C11H13N3O3S/c12-6-9(15)14(11(13)18)7-10(16)17-8-4-2-1-3-5-8/h1-5H,6-7,12H2,(H2,13,18). The number of esters is 1. The monoisotopic (exact) mass is 267 g/mol. The maximum Gasteiger partial charge on any atom is 0.331 e. The molecule has 0 radical (unpaired) electrons. The number of hydrogen-bond donors (Lipinski definition) is 2. The first-order valence-corrected chi connectivity index (χ1v) is 5.51. The normalized spacial score (nSPS) is 9.61. The number of nitrogens with two attached hydrogens (primary N) is 2. The second-order valence-corrected chi connectivity index (χ2v) is 3.73. The molecular weight excluding hydrogens is 254 g/mol. The zero-order valence-corrected chi connectivity index (χ0v) is 10.4. The lowest BCUT2D eigenvalue weighted by atomic mass is 10.3. The Bertz CT molecular complexity index is 450. The molecule has 1 aromatic carbocycles. The Hall–Kier alpha value is -1.99. The molecule has 0 aliphatic carbocycles. The Kier molecular flexibility index (Phi) is 5.22. The number of benzene rings is 1. The second-order valence-electron chi connectivity index (χ2n) is 3.31. The van der Waals surface area contributed by atoms with Crippen LogP contribution in [0.4, 0.5) is 0 Å². The number of carbonyl (C=O) groups excluding carboxylic acids is 2. The SMILES string of the molecule is NCC(=O)N(CC(=O)Oc1ccccc1)C(N)=S. The first kappa shape index (κ1) is 14.1. The third kappa shape index (κ3) is 4.11. The molecule has 0 fully saturated rings. The van der Waals surface area contributed by atoms with E-state index in [1.807, 2.05) is 0 Å². The van der Waals surface area contributed by atoms with Gasteiger partial charge in [-0.05, 0) is 24.4 Å². The lowest BCUT2D eigenvalue weighted by Crippen LogP contribution is -2.47. The maximum atomic E-state index is 11.6. The van der Waals surface area contributed by atoms with Crippen molar-refractivity contribution in [1.29, 1.82) is 0 Å². The molecule has 0 atom stereocenters. The summed E-state index contributed by atoms with van der Waals surface area (Å²) in [5.41, 5.74) is 10.5. The van der Waals surface area contributed by atoms with Crippen LogP contribution in [0.15, 0.2) is 30.3 Å². The van der Waals surface area contributed by atoms with Crippen LogP contribution in [0.5, 0.6) is 5.75 Å². The number of para-hydroxylation sites is 1. The number of rotatable bonds is 4. The number of nitrogens with zero attached hydrogens (tertiary/aromatic N) is 1. The van der Waals surface area contributed by atoms with E-state index < -0.39 is 11.9 Å². The molecule has 0 bridgehead atoms. The van der Waals surface area contributed by atoms with Crippen LogP contribution in [0.1, 0.15) is 0 Å². The summed E-state index contributed by atoms with van der Waals surface area (Å²) in [5, 5.41) is -0.213. The van der Waals surface area contributed by atoms with E-state index in [0.29, 0.717) is 5.75 Å². The van der Waals surface area contributed by atoms with Gasteiger partial charge in [0, 0.05) is 0 Å². The molecule has 1 amide bonds. The molecule has 4 N–H and O–H groups in total. The summed E-state index contributed by atoms with van der Waals surface area (Å²) in [6.45, 7) is -0.643. The van der Waals surface area contributed by atoms with Crippen LogP contribution < -0.4 is 16.2 Å². The first-order chi connectivity index (χ1) is 8.54. The third-order valence-electron chi connectivity index (χ3n) is 2.00. The number of hydrogen-bond acceptors (Lipinski definition) is 5. The Morgan fingerprint density at radius 3 is 2.39 bits per heavy atom. The zero-order chi connectivity index (χ0) is 13.5. The molecule has 0 aliphatic heterocycles. The molecule has 18 heavy (non-hydrogen) atoms. The molecule has 0 aliphatic rings. The van der Waals surface area contributed by atoms with E-state index in [9.17, 15) is 9.59 Å². The number of thiocarbonyl (C=S) groups is 1. The van der Waals surface area contributed by atoms with Crippen molar-refractivity contribution in [2.45, 2.75) is 0 Å². The summed E-state index contributed by atoms with van der Waals surface area (Å²) in [7, 11) is 0. The molecule has 7 heteroatoms. The van der Waals surface area contributed by atoms with Crippen molar-refractivity contribution in [2.24, 2.45) is 11.5 Å². The zero-order valence-electron chi connectivity index (χ0n) is 9.54. The largest absolute Gasteiger partial charge is 0.425 e. The highest BCUT2D eigenvalue weighted by Gasteiger charge is 2.19. The summed E-state index contributed by atoms with van der Waals surface area (Å²) in [6, 6.07) is 8.47. The Morgan fingerprint density at radius 1 is 1.28 bits per heavy atom. The van der Waals surface area contributed by atoms with Gasteiger partial charge in [0.05, 0.1) is 6.54 Å². The van der Waals surface area contributed by atoms with Crippen molar-refractivity contribution >= 4 is 29.2 Å². The molecule has 0 heterocycles. The van der Waals surface area contributed by atoms with Crippen molar-refractivity contribution in [1.82, 2.24) is 4.90 Å². The van der Waals surface area contributed by atoms with E-state index >= 15 is 0 Å². The second kappa shape index (κ2) is 6.67. The van der Waals surface area contributed by atoms with Crippen LogP contribution in [0.3, 0.4) is 0 Å². The van der Waals surface area contributed by atoms with Crippen LogP contribution in [-0.4, -0.2) is 35.0 Å². The number of amides is 1. The minimum Gasteiger partial charge on any atom is -0.425 e. The smallest absolute Gasteiger partial charge is 0.331 e. The van der Waals surface area contributed by atoms with Crippen molar-refractivity contribution in [3.05, 3.63) is 30.3 Å². The third-order valence-corrected chi connectivity index (χ3v) is 2.22. The van der Waals surface area contributed by atoms with Gasteiger partial charge in [-0.15, -0.1) is 0 Å².